The largest absolute Gasteiger partial charge is 0.455 e. The molecular weight excluding hydrogens is 330 g/mol. The Balaban J connectivity index is 1.24. The summed E-state index contributed by atoms with van der Waals surface area (Å²) >= 11 is 0. The van der Waals surface area contributed by atoms with Crippen molar-refractivity contribution in [1.82, 2.24) is 5.32 Å². The highest BCUT2D eigenvalue weighted by molar-refractivity contribution is 5.83. The van der Waals surface area contributed by atoms with Crippen molar-refractivity contribution in [3.05, 3.63) is 11.6 Å². The molecule has 5 aliphatic rings. The predicted molar refractivity (Wildman–Crippen MR) is 97.2 cm³/mol. The van der Waals surface area contributed by atoms with Crippen molar-refractivity contribution in [2.45, 2.75) is 76.2 Å². The molecule has 0 radical (unpaired) electrons. The molecule has 4 bridgehead atoms. The third kappa shape index (κ3) is 3.68. The van der Waals surface area contributed by atoms with Gasteiger partial charge >= 0.3 is 5.97 Å². The molecule has 2 N–H and O–H groups in total. The van der Waals surface area contributed by atoms with E-state index in [-0.39, 0.29) is 18.5 Å². The topological polar surface area (TPSA) is 75.6 Å². The lowest BCUT2D eigenvalue weighted by atomic mass is 9.48. The van der Waals surface area contributed by atoms with Crippen LogP contribution in [0.2, 0.25) is 0 Å². The van der Waals surface area contributed by atoms with Crippen molar-refractivity contribution in [3.8, 4) is 0 Å². The van der Waals surface area contributed by atoms with Crippen molar-refractivity contribution in [2.75, 3.05) is 13.2 Å². The molecule has 5 heteroatoms. The number of carbonyl (C=O) groups excluding carboxylic acids is 2. The van der Waals surface area contributed by atoms with Crippen molar-refractivity contribution in [2.24, 2.45) is 17.3 Å². The molecule has 0 heterocycles. The molecule has 0 aromatic heterocycles. The van der Waals surface area contributed by atoms with Gasteiger partial charge in [0.1, 0.15) is 0 Å². The monoisotopic (exact) mass is 361 g/mol. The van der Waals surface area contributed by atoms with Crippen molar-refractivity contribution >= 4 is 11.9 Å². The summed E-state index contributed by atoms with van der Waals surface area (Å²) in [6.45, 7) is 0.407. The van der Waals surface area contributed by atoms with Gasteiger partial charge in [-0.05, 0) is 82.5 Å². The second-order valence-corrected chi connectivity index (χ2v) is 9.25. The van der Waals surface area contributed by atoms with Gasteiger partial charge in [-0.1, -0.05) is 11.6 Å². The van der Waals surface area contributed by atoms with Crippen LogP contribution < -0.4 is 5.32 Å². The lowest BCUT2D eigenvalue weighted by molar-refractivity contribution is -0.196. The summed E-state index contributed by atoms with van der Waals surface area (Å²) in [6.07, 6.45) is 12.9. The van der Waals surface area contributed by atoms with Gasteiger partial charge in [-0.3, -0.25) is 9.59 Å². The van der Waals surface area contributed by atoms with Crippen LogP contribution in [0.5, 0.6) is 0 Å². The smallest absolute Gasteiger partial charge is 0.312 e. The molecule has 0 aliphatic heterocycles. The highest BCUT2D eigenvalue weighted by Crippen LogP contribution is 2.61. The van der Waals surface area contributed by atoms with E-state index in [2.05, 4.69) is 11.4 Å². The highest BCUT2D eigenvalue weighted by Gasteiger charge is 2.60. The van der Waals surface area contributed by atoms with Crippen LogP contribution in [0.3, 0.4) is 0 Å². The van der Waals surface area contributed by atoms with Crippen LogP contribution in [0.15, 0.2) is 11.6 Å². The molecule has 5 rings (SSSR count). The molecule has 0 saturated heterocycles. The standard InChI is InChI=1S/C21H31NO4/c23-18(22-7-6-15-4-2-1-3-5-15)13-26-19(24)20-9-16-8-17(10-20)12-21(25,11-16)14-20/h4,16-17,25H,1-3,5-14H2,(H,22,23). The predicted octanol–water partition coefficient (Wildman–Crippen LogP) is 2.87. The normalized spacial score (nSPS) is 38.0. The van der Waals surface area contributed by atoms with E-state index >= 15 is 0 Å². The number of aliphatic hydroxyl groups is 1. The van der Waals surface area contributed by atoms with Gasteiger partial charge in [0.2, 0.25) is 0 Å². The summed E-state index contributed by atoms with van der Waals surface area (Å²) in [4.78, 5) is 24.8. The zero-order valence-corrected chi connectivity index (χ0v) is 15.6. The molecule has 4 saturated carbocycles. The minimum absolute atomic E-state index is 0.201. The van der Waals surface area contributed by atoms with Crippen LogP contribution in [0, 0.1) is 17.3 Å². The quantitative estimate of drug-likeness (QED) is 0.563. The summed E-state index contributed by atoms with van der Waals surface area (Å²) in [7, 11) is 0. The van der Waals surface area contributed by atoms with E-state index < -0.39 is 11.0 Å². The van der Waals surface area contributed by atoms with Crippen molar-refractivity contribution in [1.29, 1.82) is 0 Å². The molecular formula is C21H31NO4. The van der Waals surface area contributed by atoms with Gasteiger partial charge in [-0.2, -0.15) is 0 Å². The van der Waals surface area contributed by atoms with Crippen LogP contribution >= 0.6 is 0 Å². The molecule has 144 valence electrons. The molecule has 0 spiro atoms. The number of esters is 1. The van der Waals surface area contributed by atoms with Gasteiger partial charge in [0.15, 0.2) is 6.61 Å². The average molecular weight is 361 g/mol. The molecule has 0 aromatic carbocycles. The van der Waals surface area contributed by atoms with Gasteiger partial charge in [0, 0.05) is 6.54 Å². The molecule has 1 amide bonds. The van der Waals surface area contributed by atoms with Gasteiger partial charge in [-0.15, -0.1) is 0 Å². The molecule has 4 fully saturated rings. The Morgan fingerprint density at radius 3 is 2.62 bits per heavy atom. The number of ether oxygens (including phenoxy) is 1. The van der Waals surface area contributed by atoms with E-state index in [0.717, 1.165) is 51.4 Å². The van der Waals surface area contributed by atoms with Crippen LogP contribution in [0.1, 0.15) is 70.6 Å². The maximum atomic E-state index is 12.7. The van der Waals surface area contributed by atoms with Gasteiger partial charge in [0.05, 0.1) is 11.0 Å². The van der Waals surface area contributed by atoms with E-state index in [9.17, 15) is 14.7 Å². The fourth-order valence-corrected chi connectivity index (χ4v) is 6.28. The Morgan fingerprint density at radius 1 is 1.19 bits per heavy atom. The summed E-state index contributed by atoms with van der Waals surface area (Å²) in [5.41, 5.74) is 0.195. The summed E-state index contributed by atoms with van der Waals surface area (Å²) < 4.78 is 5.40. The van der Waals surface area contributed by atoms with Gasteiger partial charge < -0.3 is 15.2 Å². The van der Waals surface area contributed by atoms with Crippen molar-refractivity contribution < 1.29 is 19.4 Å². The van der Waals surface area contributed by atoms with E-state index in [1.54, 1.807) is 0 Å². The maximum absolute atomic E-state index is 12.7. The second kappa shape index (κ2) is 6.99. The van der Waals surface area contributed by atoms with Gasteiger partial charge in [-0.25, -0.2) is 0 Å². The van der Waals surface area contributed by atoms with E-state index in [1.807, 2.05) is 0 Å². The Hall–Kier alpha value is -1.36. The van der Waals surface area contributed by atoms with E-state index in [4.69, 9.17) is 4.74 Å². The zero-order chi connectivity index (χ0) is 18.2. The first kappa shape index (κ1) is 18.0. The molecule has 5 nitrogen and oxygen atoms in total. The Labute approximate surface area is 155 Å². The number of carbonyl (C=O) groups is 2. The average Bonchev–Trinajstić information content (AvgIpc) is 2.58. The number of amides is 1. The lowest BCUT2D eigenvalue weighted by Gasteiger charge is -2.58. The Morgan fingerprint density at radius 2 is 1.96 bits per heavy atom. The number of hydrogen-bond acceptors (Lipinski definition) is 4. The van der Waals surface area contributed by atoms with E-state index in [0.29, 0.717) is 24.8 Å². The van der Waals surface area contributed by atoms with Crippen LogP contribution in [-0.2, 0) is 14.3 Å². The van der Waals surface area contributed by atoms with E-state index in [1.165, 1.54) is 18.4 Å². The van der Waals surface area contributed by atoms with Crippen LogP contribution in [-0.4, -0.2) is 35.7 Å². The summed E-state index contributed by atoms with van der Waals surface area (Å²) in [6, 6.07) is 0. The minimum Gasteiger partial charge on any atom is -0.455 e. The highest BCUT2D eigenvalue weighted by atomic mass is 16.5. The number of rotatable bonds is 6. The SMILES string of the molecule is O=C(COC(=O)C12CC3CC(CC(O)(C3)C1)C2)NCCC1=CCCCC1. The zero-order valence-electron chi connectivity index (χ0n) is 15.6. The minimum atomic E-state index is -0.681. The molecule has 2 unspecified atom stereocenters. The van der Waals surface area contributed by atoms with Crippen LogP contribution in [0.4, 0.5) is 0 Å². The van der Waals surface area contributed by atoms with Crippen molar-refractivity contribution in [3.63, 3.8) is 0 Å². The maximum Gasteiger partial charge on any atom is 0.312 e. The third-order valence-electron chi connectivity index (χ3n) is 6.95. The third-order valence-corrected chi connectivity index (χ3v) is 6.95. The number of allylic oxidation sites excluding steroid dienone is 1. The first-order chi connectivity index (χ1) is 12.5. The number of hydrogen-bond donors (Lipinski definition) is 2. The fourth-order valence-electron chi connectivity index (χ4n) is 6.28. The molecule has 5 aliphatic carbocycles. The Bertz CT molecular complexity index is 597. The first-order valence-electron chi connectivity index (χ1n) is 10.3. The molecule has 26 heavy (non-hydrogen) atoms. The summed E-state index contributed by atoms with van der Waals surface area (Å²) in [5, 5.41) is 13.6. The lowest BCUT2D eigenvalue weighted by Crippen LogP contribution is -2.58. The number of nitrogens with one attached hydrogen (secondary N) is 1. The summed E-state index contributed by atoms with van der Waals surface area (Å²) in [5.74, 6) is 0.381. The van der Waals surface area contributed by atoms with Crippen LogP contribution in [0.25, 0.3) is 0 Å². The second-order valence-electron chi connectivity index (χ2n) is 9.25. The van der Waals surface area contributed by atoms with Gasteiger partial charge in [0.25, 0.3) is 5.91 Å². The first-order valence-corrected chi connectivity index (χ1v) is 10.3. The fraction of sp³-hybridized carbons (Fsp3) is 0.810. The Kier molecular flexibility index (Phi) is 4.84. The molecule has 0 aromatic rings. The molecule has 2 atom stereocenters.